The molecule has 2 saturated heterocycles. The third kappa shape index (κ3) is 10.8. The van der Waals surface area contributed by atoms with Gasteiger partial charge in [0, 0.05) is 52.2 Å². The Labute approximate surface area is 362 Å². The number of rotatable bonds is 13. The molecule has 5 rings (SSSR count). The van der Waals surface area contributed by atoms with Crippen molar-refractivity contribution in [2.24, 2.45) is 5.92 Å². The highest BCUT2D eigenvalue weighted by molar-refractivity contribution is 7.89. The summed E-state index contributed by atoms with van der Waals surface area (Å²) in [7, 11) is 1.71. The summed E-state index contributed by atoms with van der Waals surface area (Å²) in [4.78, 5) is 67.1. The Balaban J connectivity index is 1.38. The number of nitrogens with zero attached hydrogens (tertiary/aromatic N) is 3. The zero-order valence-electron chi connectivity index (χ0n) is 35.8. The van der Waals surface area contributed by atoms with Gasteiger partial charge < -0.3 is 33.7 Å². The number of hydrogen-bond donors (Lipinski definition) is 2. The third-order valence-electron chi connectivity index (χ3n) is 12.0. The van der Waals surface area contributed by atoms with Crippen LogP contribution in [-0.2, 0) is 54.6 Å². The third-order valence-corrected chi connectivity index (χ3v) is 14.3. The highest BCUT2D eigenvalue weighted by Crippen LogP contribution is 2.49. The molecule has 8 atom stereocenters. The van der Waals surface area contributed by atoms with Gasteiger partial charge in [-0.15, -0.1) is 0 Å². The zero-order chi connectivity index (χ0) is 45.0. The van der Waals surface area contributed by atoms with Gasteiger partial charge >= 0.3 is 12.1 Å². The summed E-state index contributed by atoms with van der Waals surface area (Å²) in [6.07, 6.45) is 4.57. The first-order valence-corrected chi connectivity index (χ1v) is 22.2. The zero-order valence-corrected chi connectivity index (χ0v) is 37.4. The van der Waals surface area contributed by atoms with Gasteiger partial charge in [-0.1, -0.05) is 55.2 Å². The quantitative estimate of drug-likeness (QED) is 0.125. The predicted octanol–water partition coefficient (Wildman–Crippen LogP) is 3.80. The number of fused-ring (bicyclic) bond motifs is 5. The predicted molar refractivity (Wildman–Crippen MR) is 224 cm³/mol. The van der Waals surface area contributed by atoms with Crippen molar-refractivity contribution in [1.82, 2.24) is 14.5 Å². The van der Waals surface area contributed by atoms with Crippen molar-refractivity contribution >= 4 is 57.1 Å². The number of allylic oxidation sites excluding steroid dienone is 3. The van der Waals surface area contributed by atoms with Crippen LogP contribution in [0.2, 0.25) is 5.02 Å². The Hall–Kier alpha value is -4.33. The number of esters is 1. The fraction of sp³-hybridized carbons (Fsp3) is 0.595. The summed E-state index contributed by atoms with van der Waals surface area (Å²) >= 11 is 6.77. The van der Waals surface area contributed by atoms with E-state index in [-0.39, 0.29) is 42.0 Å². The number of epoxide rings is 1. The van der Waals surface area contributed by atoms with E-state index < -0.39 is 82.1 Å². The van der Waals surface area contributed by atoms with Gasteiger partial charge in [-0.25, -0.2) is 13.2 Å². The summed E-state index contributed by atoms with van der Waals surface area (Å²) in [5.41, 5.74) is -1.22. The van der Waals surface area contributed by atoms with E-state index in [1.54, 1.807) is 38.1 Å². The molecule has 4 aliphatic heterocycles. The second-order valence-electron chi connectivity index (χ2n) is 16.3. The summed E-state index contributed by atoms with van der Waals surface area (Å²) in [5.74, 6) is -2.73. The molecule has 2 fully saturated rings. The summed E-state index contributed by atoms with van der Waals surface area (Å²) in [6.45, 7) is 6.93. The molecule has 336 valence electrons. The van der Waals surface area contributed by atoms with Crippen LogP contribution in [0.3, 0.4) is 0 Å². The average Bonchev–Trinajstić information content (AvgIpc) is 3.80. The number of aliphatic hydroxyl groups is 1. The van der Waals surface area contributed by atoms with Crippen molar-refractivity contribution in [3.05, 3.63) is 58.7 Å². The molecule has 0 aromatic heterocycles. The second-order valence-corrected chi connectivity index (χ2v) is 18.8. The fourth-order valence-electron chi connectivity index (χ4n) is 7.94. The Morgan fingerprint density at radius 3 is 2.44 bits per heavy atom. The van der Waals surface area contributed by atoms with Crippen LogP contribution in [0.1, 0.15) is 71.8 Å². The van der Waals surface area contributed by atoms with Crippen LogP contribution in [0.15, 0.2) is 48.1 Å². The summed E-state index contributed by atoms with van der Waals surface area (Å²) < 4.78 is 56.9. The van der Waals surface area contributed by atoms with E-state index in [9.17, 15) is 37.5 Å². The van der Waals surface area contributed by atoms with Gasteiger partial charge in [0.25, 0.3) is 11.8 Å². The van der Waals surface area contributed by atoms with Crippen molar-refractivity contribution in [3.8, 4) is 5.75 Å². The molecule has 4 heterocycles. The average molecular weight is 893 g/mol. The van der Waals surface area contributed by atoms with E-state index in [0.29, 0.717) is 37.1 Å². The molecule has 0 radical (unpaired) electrons. The molecule has 2 N–H and O–H groups in total. The first-order valence-electron chi connectivity index (χ1n) is 20.2. The van der Waals surface area contributed by atoms with Crippen LogP contribution in [-0.4, -0.2) is 135 Å². The number of carbonyl (C=O) groups is 5. The molecular weight excluding hydrogens is 836 g/mol. The van der Waals surface area contributed by atoms with E-state index >= 15 is 0 Å². The number of imide groups is 1. The number of carbonyl (C=O) groups excluding carboxylic acids is 5. The molecule has 4 amide bonds. The lowest BCUT2D eigenvalue weighted by Crippen LogP contribution is -2.63. The number of sulfonamides is 1. The number of benzene rings is 1. The second kappa shape index (κ2) is 19.4. The lowest BCUT2D eigenvalue weighted by Gasteiger charge is -2.42. The molecular formula is C42H57ClN4O13S. The van der Waals surface area contributed by atoms with Gasteiger partial charge in [0.1, 0.15) is 40.7 Å². The number of hydrogen-bond acceptors (Lipinski definition) is 13. The van der Waals surface area contributed by atoms with Gasteiger partial charge in [0.2, 0.25) is 15.9 Å². The highest BCUT2D eigenvalue weighted by Gasteiger charge is 2.64. The lowest BCUT2D eigenvalue weighted by atomic mass is 9.83. The van der Waals surface area contributed by atoms with Crippen LogP contribution in [0.4, 0.5) is 10.5 Å². The Morgan fingerprint density at radius 2 is 1.79 bits per heavy atom. The van der Waals surface area contributed by atoms with Crippen molar-refractivity contribution < 1.29 is 61.2 Å². The minimum Gasteiger partial charge on any atom is -0.495 e. The van der Waals surface area contributed by atoms with Crippen LogP contribution in [0.25, 0.3) is 0 Å². The molecule has 61 heavy (non-hydrogen) atoms. The number of methoxy groups -OCH3 is 2. The molecule has 19 heteroatoms. The first kappa shape index (κ1) is 47.7. The van der Waals surface area contributed by atoms with Gasteiger partial charge in [0.05, 0.1) is 31.1 Å². The number of anilines is 1. The SMILES string of the molecule is COc1cc2cc(c1Cl)N(C)C(=O)CC(OC(=O)C(C)N(C)S(=O)(=O)CCCCCCN1C(=O)C=CC1=O)C1(C)OC1C(C)C1CC(O)(NC(=O)O1)C(OC)C=CC=C(C)C2. The van der Waals surface area contributed by atoms with Crippen molar-refractivity contribution in [2.45, 2.75) is 114 Å². The van der Waals surface area contributed by atoms with E-state index in [0.717, 1.165) is 20.3 Å². The molecule has 0 aliphatic carbocycles. The molecule has 4 bridgehead atoms. The topological polar surface area (TPSA) is 211 Å². The molecule has 1 aromatic rings. The van der Waals surface area contributed by atoms with Crippen molar-refractivity contribution in [3.63, 3.8) is 0 Å². The lowest BCUT2D eigenvalue weighted by molar-refractivity contribution is -0.157. The van der Waals surface area contributed by atoms with Gasteiger partial charge in [0.15, 0.2) is 5.72 Å². The number of halogens is 1. The largest absolute Gasteiger partial charge is 0.495 e. The maximum atomic E-state index is 14.2. The molecule has 17 nitrogen and oxygen atoms in total. The summed E-state index contributed by atoms with van der Waals surface area (Å²) in [5, 5.41) is 14.4. The maximum Gasteiger partial charge on any atom is 0.409 e. The van der Waals surface area contributed by atoms with E-state index in [2.05, 4.69) is 5.32 Å². The number of ether oxygens (including phenoxy) is 5. The number of unbranched alkanes of at least 4 members (excludes halogenated alkanes) is 3. The van der Waals surface area contributed by atoms with Crippen LogP contribution in [0, 0.1) is 5.92 Å². The fourth-order valence-corrected chi connectivity index (χ4v) is 9.67. The maximum absolute atomic E-state index is 14.2. The van der Waals surface area contributed by atoms with Crippen LogP contribution < -0.4 is 15.0 Å². The van der Waals surface area contributed by atoms with E-state index in [1.165, 1.54) is 52.3 Å². The minimum atomic E-state index is -3.97. The van der Waals surface area contributed by atoms with Crippen LogP contribution in [0.5, 0.6) is 5.75 Å². The van der Waals surface area contributed by atoms with Crippen molar-refractivity contribution in [1.29, 1.82) is 0 Å². The molecule has 4 aliphatic rings. The minimum absolute atomic E-state index is 0.105. The molecule has 8 unspecified atom stereocenters. The molecule has 1 aromatic carbocycles. The van der Waals surface area contributed by atoms with Crippen LogP contribution >= 0.6 is 11.6 Å². The first-order chi connectivity index (χ1) is 28.6. The molecule has 0 spiro atoms. The normalized spacial score (nSPS) is 28.9. The van der Waals surface area contributed by atoms with Gasteiger partial charge in [-0.05, 0) is 57.7 Å². The number of amides is 4. The standard InChI is InChI=1S/C42H57ClN4O13S/c1-25-14-13-15-32(57-8)42(53)24-31(58-40(52)44-42)26(2)38-41(4,60-38)33(23-36(50)45(5)29-21-28(20-25)22-30(56-7)37(29)43)59-39(51)27(3)46(6)61(54,55)19-12-10-9-11-18-47-34(48)16-17-35(47)49/h13-17,21-22,26-27,31-33,38,53H,9-12,18-20,23-24H2,1-8H3,(H,44,52). The Morgan fingerprint density at radius 1 is 1.11 bits per heavy atom. The number of likely N-dealkylation sites (N-methyl/N-ethyl adjacent to an activating group) is 1. The Kier molecular flexibility index (Phi) is 15.2. The smallest absolute Gasteiger partial charge is 0.409 e. The summed E-state index contributed by atoms with van der Waals surface area (Å²) in [6, 6.07) is 2.21. The van der Waals surface area contributed by atoms with Gasteiger partial charge in [-0.3, -0.25) is 29.4 Å². The van der Waals surface area contributed by atoms with E-state index in [4.69, 9.17) is 35.3 Å². The van der Waals surface area contributed by atoms with E-state index in [1.807, 2.05) is 13.0 Å². The van der Waals surface area contributed by atoms with Gasteiger partial charge in [-0.2, -0.15) is 4.31 Å². The number of alkyl carbamates (subject to hydrolysis) is 1. The highest BCUT2D eigenvalue weighted by atomic mass is 35.5. The monoisotopic (exact) mass is 892 g/mol. The van der Waals surface area contributed by atoms with Crippen molar-refractivity contribution in [2.75, 3.05) is 45.5 Å². The number of nitrogens with one attached hydrogen (secondary N) is 1. The Bertz CT molecular complexity index is 2060. The molecule has 0 saturated carbocycles.